The van der Waals surface area contributed by atoms with E-state index in [1.165, 1.54) is 38.8 Å². The second kappa shape index (κ2) is 5.98. The van der Waals surface area contributed by atoms with E-state index in [1.807, 2.05) is 0 Å². The van der Waals surface area contributed by atoms with Crippen molar-refractivity contribution in [3.05, 3.63) is 11.7 Å². The molecule has 19 heavy (non-hydrogen) atoms. The zero-order chi connectivity index (χ0) is 13.1. The lowest BCUT2D eigenvalue weighted by molar-refractivity contribution is 0.0916. The van der Waals surface area contributed by atoms with E-state index in [0.717, 1.165) is 31.5 Å². The Hall–Kier alpha value is -0.980. The lowest BCUT2D eigenvalue weighted by Crippen LogP contribution is -2.49. The molecule has 0 unspecified atom stereocenters. The van der Waals surface area contributed by atoms with Crippen molar-refractivity contribution in [2.24, 2.45) is 5.73 Å². The van der Waals surface area contributed by atoms with Crippen LogP contribution in [-0.4, -0.2) is 52.2 Å². The third kappa shape index (κ3) is 3.13. The third-order valence-electron chi connectivity index (χ3n) is 4.30. The molecule has 0 bridgehead atoms. The van der Waals surface area contributed by atoms with Gasteiger partial charge in [0.2, 0.25) is 5.89 Å². The molecule has 0 aromatic carbocycles. The first kappa shape index (κ1) is 13.0. The number of hydrogen-bond acceptors (Lipinski definition) is 6. The summed E-state index contributed by atoms with van der Waals surface area (Å²) in [5, 5.41) is 3.96. The second-order valence-corrected chi connectivity index (χ2v) is 5.56. The minimum atomic E-state index is 0.322. The van der Waals surface area contributed by atoms with Crippen LogP contribution < -0.4 is 5.73 Å². The molecule has 2 aliphatic rings. The molecule has 0 radical (unpaired) electrons. The Balaban J connectivity index is 1.47. The molecule has 3 rings (SSSR count). The van der Waals surface area contributed by atoms with Gasteiger partial charge in [0.25, 0.3) is 0 Å². The highest BCUT2D eigenvalue weighted by molar-refractivity contribution is 4.88. The predicted molar refractivity (Wildman–Crippen MR) is 71.3 cm³/mol. The van der Waals surface area contributed by atoms with E-state index in [4.69, 9.17) is 10.3 Å². The van der Waals surface area contributed by atoms with Gasteiger partial charge in [-0.3, -0.25) is 9.80 Å². The molecule has 1 aliphatic heterocycles. The summed E-state index contributed by atoms with van der Waals surface area (Å²) in [6.07, 6.45) is 5.61. The van der Waals surface area contributed by atoms with E-state index < -0.39 is 0 Å². The molecule has 106 valence electrons. The topological polar surface area (TPSA) is 71.4 Å². The van der Waals surface area contributed by atoms with Crippen molar-refractivity contribution in [2.75, 3.05) is 26.2 Å². The minimum absolute atomic E-state index is 0.322. The van der Waals surface area contributed by atoms with E-state index in [0.29, 0.717) is 12.4 Å². The summed E-state index contributed by atoms with van der Waals surface area (Å²) in [4.78, 5) is 9.32. The zero-order valence-corrected chi connectivity index (χ0v) is 11.4. The largest absolute Gasteiger partial charge is 0.338 e. The molecule has 1 saturated heterocycles. The molecular weight excluding hydrogens is 242 g/mol. The van der Waals surface area contributed by atoms with Gasteiger partial charge in [0.1, 0.15) is 0 Å². The van der Waals surface area contributed by atoms with Gasteiger partial charge < -0.3 is 10.3 Å². The Kier molecular flexibility index (Phi) is 4.10. The van der Waals surface area contributed by atoms with Gasteiger partial charge in [0.05, 0.1) is 13.1 Å². The number of piperazine rings is 1. The van der Waals surface area contributed by atoms with Crippen molar-refractivity contribution in [3.63, 3.8) is 0 Å². The first-order chi connectivity index (χ1) is 9.35. The van der Waals surface area contributed by atoms with Gasteiger partial charge in [0, 0.05) is 32.2 Å². The quantitative estimate of drug-likeness (QED) is 0.859. The molecule has 0 amide bonds. The summed E-state index contributed by atoms with van der Waals surface area (Å²) in [6.45, 7) is 5.65. The fourth-order valence-corrected chi connectivity index (χ4v) is 3.19. The lowest BCUT2D eigenvalue weighted by atomic mass is 10.2. The van der Waals surface area contributed by atoms with Gasteiger partial charge >= 0.3 is 0 Å². The first-order valence-corrected chi connectivity index (χ1v) is 7.33. The highest BCUT2D eigenvalue weighted by atomic mass is 16.5. The second-order valence-electron chi connectivity index (χ2n) is 5.56. The van der Waals surface area contributed by atoms with Crippen molar-refractivity contribution in [2.45, 2.75) is 44.8 Å². The van der Waals surface area contributed by atoms with Crippen molar-refractivity contribution in [1.29, 1.82) is 0 Å². The number of nitrogens with two attached hydrogens (primary N) is 1. The summed E-state index contributed by atoms with van der Waals surface area (Å²) >= 11 is 0. The average molecular weight is 265 g/mol. The number of nitrogens with zero attached hydrogens (tertiary/aromatic N) is 4. The van der Waals surface area contributed by atoms with Crippen LogP contribution in [0.15, 0.2) is 4.52 Å². The molecule has 1 saturated carbocycles. The molecule has 1 aliphatic carbocycles. The van der Waals surface area contributed by atoms with Gasteiger partial charge in [0.15, 0.2) is 5.82 Å². The predicted octanol–water partition coefficient (Wildman–Crippen LogP) is 0.588. The molecule has 6 heteroatoms. The molecule has 6 nitrogen and oxygen atoms in total. The van der Waals surface area contributed by atoms with E-state index in [9.17, 15) is 0 Å². The fraction of sp³-hybridized carbons (Fsp3) is 0.846. The van der Waals surface area contributed by atoms with Crippen LogP contribution in [0.3, 0.4) is 0 Å². The number of rotatable bonds is 4. The molecule has 1 aromatic rings. The van der Waals surface area contributed by atoms with Crippen molar-refractivity contribution < 1.29 is 4.52 Å². The number of hydrogen-bond donors (Lipinski definition) is 1. The summed E-state index contributed by atoms with van der Waals surface area (Å²) in [5.74, 6) is 1.29. The van der Waals surface area contributed by atoms with Gasteiger partial charge in [-0.1, -0.05) is 18.0 Å². The van der Waals surface area contributed by atoms with E-state index in [1.54, 1.807) is 0 Å². The minimum Gasteiger partial charge on any atom is -0.338 e. The molecule has 0 atom stereocenters. The maximum Gasteiger partial charge on any atom is 0.240 e. The Morgan fingerprint density at radius 1 is 1.16 bits per heavy atom. The van der Waals surface area contributed by atoms with Crippen LogP contribution in [0.5, 0.6) is 0 Å². The van der Waals surface area contributed by atoms with E-state index >= 15 is 0 Å². The summed E-state index contributed by atoms with van der Waals surface area (Å²) < 4.78 is 5.03. The van der Waals surface area contributed by atoms with Crippen LogP contribution in [-0.2, 0) is 13.1 Å². The standard InChI is InChI=1S/C13H23N5O/c14-9-13-15-12(16-19-13)10-17-5-7-18(8-6-17)11-3-1-2-4-11/h11H,1-10,14H2. The summed E-state index contributed by atoms with van der Waals surface area (Å²) in [6, 6.07) is 0.844. The molecule has 0 spiro atoms. The van der Waals surface area contributed by atoms with Crippen LogP contribution in [0.2, 0.25) is 0 Å². The normalized spacial score (nSPS) is 23.2. The summed E-state index contributed by atoms with van der Waals surface area (Å²) in [5.41, 5.74) is 5.47. The molecule has 2 N–H and O–H groups in total. The Morgan fingerprint density at radius 2 is 1.89 bits per heavy atom. The third-order valence-corrected chi connectivity index (χ3v) is 4.30. The number of aromatic nitrogens is 2. The van der Waals surface area contributed by atoms with Crippen molar-refractivity contribution >= 4 is 0 Å². The maximum absolute atomic E-state index is 5.47. The summed E-state index contributed by atoms with van der Waals surface area (Å²) in [7, 11) is 0. The first-order valence-electron chi connectivity index (χ1n) is 7.33. The Bertz CT molecular complexity index is 393. The van der Waals surface area contributed by atoms with Crippen LogP contribution >= 0.6 is 0 Å². The van der Waals surface area contributed by atoms with Crippen molar-refractivity contribution in [3.8, 4) is 0 Å². The lowest BCUT2D eigenvalue weighted by Gasteiger charge is -2.37. The fourth-order valence-electron chi connectivity index (χ4n) is 3.19. The SMILES string of the molecule is NCc1nc(CN2CCN(C3CCCC3)CC2)no1. The van der Waals surface area contributed by atoms with Crippen molar-refractivity contribution in [1.82, 2.24) is 19.9 Å². The smallest absolute Gasteiger partial charge is 0.240 e. The van der Waals surface area contributed by atoms with Crippen LogP contribution in [0, 0.1) is 0 Å². The Labute approximate surface area is 113 Å². The molecule has 2 heterocycles. The van der Waals surface area contributed by atoms with E-state index in [2.05, 4.69) is 19.9 Å². The molecular formula is C13H23N5O. The molecule has 1 aromatic heterocycles. The maximum atomic E-state index is 5.47. The van der Waals surface area contributed by atoms with Crippen LogP contribution in [0.4, 0.5) is 0 Å². The van der Waals surface area contributed by atoms with Crippen LogP contribution in [0.25, 0.3) is 0 Å². The van der Waals surface area contributed by atoms with Gasteiger partial charge in [-0.15, -0.1) is 0 Å². The van der Waals surface area contributed by atoms with Crippen LogP contribution in [0.1, 0.15) is 37.4 Å². The highest BCUT2D eigenvalue weighted by Gasteiger charge is 2.26. The molecule has 2 fully saturated rings. The van der Waals surface area contributed by atoms with Gasteiger partial charge in [-0.25, -0.2) is 0 Å². The zero-order valence-electron chi connectivity index (χ0n) is 11.4. The van der Waals surface area contributed by atoms with Gasteiger partial charge in [-0.2, -0.15) is 4.98 Å². The Morgan fingerprint density at radius 3 is 2.53 bits per heavy atom. The van der Waals surface area contributed by atoms with E-state index in [-0.39, 0.29) is 0 Å². The van der Waals surface area contributed by atoms with Gasteiger partial charge in [-0.05, 0) is 12.8 Å². The average Bonchev–Trinajstić information content (AvgIpc) is 3.10. The highest BCUT2D eigenvalue weighted by Crippen LogP contribution is 2.24. The monoisotopic (exact) mass is 265 g/mol.